The molecule has 0 aliphatic heterocycles. The molecule has 2 heteroatoms. The molecule has 0 saturated heterocycles. The van der Waals surface area contributed by atoms with E-state index in [1.165, 1.54) is 38.9 Å². The highest BCUT2D eigenvalue weighted by atomic mass is 16.3. The molecule has 1 aromatic heterocycles. The van der Waals surface area contributed by atoms with Gasteiger partial charge in [-0.25, -0.2) is 0 Å². The van der Waals surface area contributed by atoms with Gasteiger partial charge in [0, 0.05) is 27.4 Å². The van der Waals surface area contributed by atoms with Crippen LogP contribution >= 0.6 is 0 Å². The zero-order valence-corrected chi connectivity index (χ0v) is 29.8. The van der Waals surface area contributed by atoms with E-state index in [9.17, 15) is 0 Å². The molecule has 53 heavy (non-hydrogen) atoms. The van der Waals surface area contributed by atoms with E-state index in [2.05, 4.69) is 207 Å². The van der Waals surface area contributed by atoms with E-state index in [-0.39, 0.29) is 5.41 Å². The number of anilines is 3. The van der Waals surface area contributed by atoms with E-state index in [0.717, 1.165) is 55.7 Å². The Morgan fingerprint density at radius 1 is 0.396 bits per heavy atom. The van der Waals surface area contributed by atoms with Gasteiger partial charge in [-0.15, -0.1) is 0 Å². The molecule has 10 rings (SSSR count). The summed E-state index contributed by atoms with van der Waals surface area (Å²) in [5.41, 5.74) is 17.2. The SMILES string of the molecule is CC1(C)c2ccccc2-c2ccc(-c3cc(N(c4ccc(-c5ccccc5)cc4)c4ccccc4-c4ccccc4)c4oc5ccccc5c4c3)cc21. The first kappa shape index (κ1) is 31.1. The summed E-state index contributed by atoms with van der Waals surface area (Å²) in [6.07, 6.45) is 0. The molecule has 0 saturated carbocycles. The van der Waals surface area contributed by atoms with Crippen LogP contribution in [0.3, 0.4) is 0 Å². The lowest BCUT2D eigenvalue weighted by atomic mass is 9.81. The van der Waals surface area contributed by atoms with Crippen LogP contribution in [0.15, 0.2) is 192 Å². The molecule has 0 amide bonds. The minimum Gasteiger partial charge on any atom is -0.454 e. The summed E-state index contributed by atoms with van der Waals surface area (Å²) in [5, 5.41) is 2.20. The lowest BCUT2D eigenvalue weighted by molar-refractivity contribution is 0.660. The minimum absolute atomic E-state index is 0.0988. The van der Waals surface area contributed by atoms with Gasteiger partial charge in [-0.1, -0.05) is 159 Å². The van der Waals surface area contributed by atoms with E-state index in [4.69, 9.17) is 4.42 Å². The molecule has 1 heterocycles. The number of nitrogens with zero attached hydrogens (tertiary/aromatic N) is 1. The zero-order valence-electron chi connectivity index (χ0n) is 29.8. The molecule has 0 fully saturated rings. The van der Waals surface area contributed by atoms with Gasteiger partial charge in [0.25, 0.3) is 0 Å². The summed E-state index contributed by atoms with van der Waals surface area (Å²) in [7, 11) is 0. The van der Waals surface area contributed by atoms with E-state index in [1.54, 1.807) is 0 Å². The van der Waals surface area contributed by atoms with Crippen LogP contribution in [-0.2, 0) is 5.41 Å². The largest absolute Gasteiger partial charge is 0.454 e. The second kappa shape index (κ2) is 12.3. The molecule has 0 spiro atoms. The van der Waals surface area contributed by atoms with Crippen LogP contribution < -0.4 is 4.90 Å². The van der Waals surface area contributed by atoms with Crippen molar-refractivity contribution in [2.75, 3.05) is 4.90 Å². The van der Waals surface area contributed by atoms with E-state index < -0.39 is 0 Å². The fraction of sp³-hybridized carbons (Fsp3) is 0.0588. The maximum Gasteiger partial charge on any atom is 0.159 e. The lowest BCUT2D eigenvalue weighted by Crippen LogP contribution is -2.15. The van der Waals surface area contributed by atoms with Crippen LogP contribution in [0.2, 0.25) is 0 Å². The smallest absolute Gasteiger partial charge is 0.159 e. The van der Waals surface area contributed by atoms with Crippen molar-refractivity contribution in [3.05, 3.63) is 199 Å². The molecule has 0 N–H and O–H groups in total. The normalized spacial score (nSPS) is 12.9. The average Bonchev–Trinajstić information content (AvgIpc) is 3.71. The van der Waals surface area contributed by atoms with Crippen LogP contribution in [0.1, 0.15) is 25.0 Å². The summed E-state index contributed by atoms with van der Waals surface area (Å²) >= 11 is 0. The highest BCUT2D eigenvalue weighted by Crippen LogP contribution is 2.51. The third-order valence-corrected chi connectivity index (χ3v) is 11.1. The Hall–Kier alpha value is -6.64. The van der Waals surface area contributed by atoms with E-state index in [0.29, 0.717) is 0 Å². The van der Waals surface area contributed by atoms with Gasteiger partial charge >= 0.3 is 0 Å². The van der Waals surface area contributed by atoms with Crippen LogP contribution in [0.4, 0.5) is 17.1 Å². The maximum atomic E-state index is 6.84. The Labute approximate surface area is 310 Å². The number of para-hydroxylation sites is 2. The van der Waals surface area contributed by atoms with Crippen molar-refractivity contribution >= 4 is 39.0 Å². The summed E-state index contributed by atoms with van der Waals surface area (Å²) in [6.45, 7) is 4.70. The molecule has 0 unspecified atom stereocenters. The summed E-state index contributed by atoms with van der Waals surface area (Å²) in [6, 6.07) is 67.8. The van der Waals surface area contributed by atoms with Gasteiger partial charge in [0.1, 0.15) is 5.58 Å². The predicted octanol–water partition coefficient (Wildman–Crippen LogP) is 14.4. The first-order chi connectivity index (χ1) is 26.0. The number of hydrogen-bond donors (Lipinski definition) is 0. The van der Waals surface area contributed by atoms with Gasteiger partial charge in [0.15, 0.2) is 5.58 Å². The molecule has 0 bridgehead atoms. The second-order valence-corrected chi connectivity index (χ2v) is 14.5. The molecule has 0 radical (unpaired) electrons. The van der Waals surface area contributed by atoms with Crippen molar-refractivity contribution in [3.8, 4) is 44.5 Å². The fourth-order valence-corrected chi connectivity index (χ4v) is 8.40. The zero-order chi connectivity index (χ0) is 35.5. The van der Waals surface area contributed by atoms with Gasteiger partial charge in [-0.3, -0.25) is 0 Å². The quantitative estimate of drug-likeness (QED) is 0.174. The Kier molecular flexibility index (Phi) is 7.19. The third-order valence-electron chi connectivity index (χ3n) is 11.1. The third kappa shape index (κ3) is 5.10. The van der Waals surface area contributed by atoms with Crippen molar-refractivity contribution in [1.82, 2.24) is 0 Å². The summed E-state index contributed by atoms with van der Waals surface area (Å²) < 4.78 is 6.84. The van der Waals surface area contributed by atoms with Crippen molar-refractivity contribution < 1.29 is 4.42 Å². The van der Waals surface area contributed by atoms with Gasteiger partial charge in [-0.2, -0.15) is 0 Å². The Morgan fingerprint density at radius 2 is 1.00 bits per heavy atom. The monoisotopic (exact) mass is 679 g/mol. The average molecular weight is 680 g/mol. The van der Waals surface area contributed by atoms with Gasteiger partial charge in [0.2, 0.25) is 0 Å². The Balaban J connectivity index is 1.23. The van der Waals surface area contributed by atoms with Crippen molar-refractivity contribution in [2.45, 2.75) is 19.3 Å². The van der Waals surface area contributed by atoms with Crippen molar-refractivity contribution in [2.24, 2.45) is 0 Å². The number of benzene rings is 8. The molecule has 1 aliphatic carbocycles. The van der Waals surface area contributed by atoms with Crippen LogP contribution in [0.5, 0.6) is 0 Å². The molecule has 1 aliphatic rings. The molecule has 8 aromatic carbocycles. The van der Waals surface area contributed by atoms with Crippen molar-refractivity contribution in [1.29, 1.82) is 0 Å². The fourth-order valence-electron chi connectivity index (χ4n) is 8.40. The van der Waals surface area contributed by atoms with Gasteiger partial charge in [-0.05, 0) is 92.5 Å². The molecule has 9 aromatic rings. The first-order valence-corrected chi connectivity index (χ1v) is 18.3. The molecular weight excluding hydrogens is 643 g/mol. The topological polar surface area (TPSA) is 16.4 Å². The summed E-state index contributed by atoms with van der Waals surface area (Å²) in [5.74, 6) is 0. The minimum atomic E-state index is -0.0988. The van der Waals surface area contributed by atoms with Gasteiger partial charge in [0.05, 0.1) is 11.4 Å². The predicted molar refractivity (Wildman–Crippen MR) is 222 cm³/mol. The lowest BCUT2D eigenvalue weighted by Gasteiger charge is -2.28. The second-order valence-electron chi connectivity index (χ2n) is 14.5. The Morgan fingerprint density at radius 3 is 1.79 bits per heavy atom. The van der Waals surface area contributed by atoms with Crippen LogP contribution in [0.25, 0.3) is 66.4 Å². The molecule has 2 nitrogen and oxygen atoms in total. The Bertz CT molecular complexity index is 2790. The number of furan rings is 1. The first-order valence-electron chi connectivity index (χ1n) is 18.3. The van der Waals surface area contributed by atoms with Gasteiger partial charge < -0.3 is 9.32 Å². The molecule has 0 atom stereocenters. The molecular formula is C51H37NO. The standard InChI is InChI=1S/C51H37NO/c1-51(2)45-22-12-9-20-41(45)42-30-27-37(32-46(42)51)38-31-44-43-21-11-14-24-49(43)53-50(44)48(33-38)52(39-28-25-35(26-29-39)34-15-5-3-6-16-34)47-23-13-10-19-40(47)36-17-7-4-8-18-36/h3-33H,1-2H3. The number of fused-ring (bicyclic) bond motifs is 6. The number of rotatable bonds is 6. The van der Waals surface area contributed by atoms with E-state index >= 15 is 0 Å². The number of hydrogen-bond acceptors (Lipinski definition) is 2. The highest BCUT2D eigenvalue weighted by molar-refractivity contribution is 6.12. The maximum absolute atomic E-state index is 6.84. The van der Waals surface area contributed by atoms with E-state index in [1.807, 2.05) is 0 Å². The van der Waals surface area contributed by atoms with Crippen molar-refractivity contribution in [3.63, 3.8) is 0 Å². The molecule has 252 valence electrons. The van der Waals surface area contributed by atoms with Crippen LogP contribution in [-0.4, -0.2) is 0 Å². The highest BCUT2D eigenvalue weighted by Gasteiger charge is 2.35. The van der Waals surface area contributed by atoms with Crippen LogP contribution in [0, 0.1) is 0 Å². The summed E-state index contributed by atoms with van der Waals surface area (Å²) in [4.78, 5) is 2.39.